The van der Waals surface area contributed by atoms with Gasteiger partial charge in [-0.1, -0.05) is 12.1 Å². The molecule has 0 aliphatic carbocycles. The normalized spacial score (nSPS) is 22.9. The Labute approximate surface area is 177 Å². The predicted octanol–water partition coefficient (Wildman–Crippen LogP) is 4.32. The molecule has 2 saturated heterocycles. The third-order valence-corrected chi connectivity index (χ3v) is 5.81. The van der Waals surface area contributed by atoms with Gasteiger partial charge in [0, 0.05) is 19.6 Å². The Kier molecular flexibility index (Phi) is 5.71. The lowest BCUT2D eigenvalue weighted by molar-refractivity contribution is -0.139. The summed E-state index contributed by atoms with van der Waals surface area (Å²) < 4.78 is 11.5. The molecule has 7 heteroatoms. The first-order valence-electron chi connectivity index (χ1n) is 11.0. The maximum absolute atomic E-state index is 13.4. The van der Waals surface area contributed by atoms with Crippen LogP contribution in [0.1, 0.15) is 64.7 Å². The summed E-state index contributed by atoms with van der Waals surface area (Å²) in [6.07, 6.45) is 3.97. The molecule has 2 fully saturated rings. The molecule has 162 valence electrons. The van der Waals surface area contributed by atoms with E-state index in [0.717, 1.165) is 36.8 Å². The van der Waals surface area contributed by atoms with Gasteiger partial charge in [-0.05, 0) is 65.0 Å². The monoisotopic (exact) mass is 413 g/mol. The Hall–Kier alpha value is -2.57. The predicted molar refractivity (Wildman–Crippen MR) is 113 cm³/mol. The molecule has 2 atom stereocenters. The van der Waals surface area contributed by atoms with E-state index in [0.29, 0.717) is 31.9 Å². The van der Waals surface area contributed by atoms with Crippen molar-refractivity contribution in [2.45, 2.75) is 70.4 Å². The van der Waals surface area contributed by atoms with Crippen LogP contribution in [0.25, 0.3) is 11.1 Å². The number of rotatable bonds is 2. The maximum Gasteiger partial charge on any atom is 0.410 e. The van der Waals surface area contributed by atoms with E-state index in [-0.39, 0.29) is 11.8 Å². The smallest absolute Gasteiger partial charge is 0.410 e. The second-order valence-electron chi connectivity index (χ2n) is 9.33. The fourth-order valence-corrected chi connectivity index (χ4v) is 4.38. The zero-order valence-electron chi connectivity index (χ0n) is 18.1. The van der Waals surface area contributed by atoms with Crippen LogP contribution >= 0.6 is 0 Å². The van der Waals surface area contributed by atoms with E-state index in [1.807, 2.05) is 49.9 Å². The van der Waals surface area contributed by atoms with E-state index < -0.39 is 17.7 Å². The largest absolute Gasteiger partial charge is 0.444 e. The molecule has 3 heterocycles. The molecule has 0 bridgehead atoms. The van der Waals surface area contributed by atoms with Crippen molar-refractivity contribution in [3.05, 3.63) is 30.2 Å². The van der Waals surface area contributed by atoms with Crippen LogP contribution in [0, 0.1) is 0 Å². The zero-order chi connectivity index (χ0) is 21.3. The van der Waals surface area contributed by atoms with Crippen LogP contribution in [0.15, 0.2) is 28.7 Å². The van der Waals surface area contributed by atoms with E-state index in [4.69, 9.17) is 9.15 Å². The molecule has 2 amide bonds. The van der Waals surface area contributed by atoms with Gasteiger partial charge in [-0.3, -0.25) is 9.69 Å². The van der Waals surface area contributed by atoms with Crippen molar-refractivity contribution in [3.63, 3.8) is 0 Å². The number of nitrogens with zero attached hydrogens (tertiary/aromatic N) is 3. The Balaban J connectivity index is 1.47. The van der Waals surface area contributed by atoms with Gasteiger partial charge in [0.25, 0.3) is 0 Å². The Morgan fingerprint density at radius 3 is 2.67 bits per heavy atom. The molecule has 2 aromatic rings. The Bertz CT molecular complexity index is 884. The van der Waals surface area contributed by atoms with Gasteiger partial charge in [0.1, 0.15) is 17.2 Å². The van der Waals surface area contributed by atoms with Crippen molar-refractivity contribution in [1.82, 2.24) is 14.8 Å². The number of hydrogen-bond acceptors (Lipinski definition) is 5. The van der Waals surface area contributed by atoms with Crippen molar-refractivity contribution in [3.8, 4) is 0 Å². The summed E-state index contributed by atoms with van der Waals surface area (Å²) >= 11 is 0. The van der Waals surface area contributed by atoms with E-state index in [1.165, 1.54) is 0 Å². The number of amides is 2. The third-order valence-electron chi connectivity index (χ3n) is 5.81. The van der Waals surface area contributed by atoms with Crippen LogP contribution in [0.3, 0.4) is 0 Å². The summed E-state index contributed by atoms with van der Waals surface area (Å²) in [7, 11) is 0. The minimum Gasteiger partial charge on any atom is -0.444 e. The Morgan fingerprint density at radius 1 is 1.10 bits per heavy atom. The van der Waals surface area contributed by atoms with Gasteiger partial charge in [-0.2, -0.15) is 0 Å². The molecule has 1 aromatic carbocycles. The van der Waals surface area contributed by atoms with E-state index in [2.05, 4.69) is 4.98 Å². The first kappa shape index (κ1) is 20.7. The third kappa shape index (κ3) is 4.45. The fraction of sp³-hybridized carbons (Fsp3) is 0.609. The highest BCUT2D eigenvalue weighted by molar-refractivity contribution is 5.86. The molecular formula is C23H31N3O4. The minimum atomic E-state index is -0.578. The average molecular weight is 414 g/mol. The van der Waals surface area contributed by atoms with Gasteiger partial charge < -0.3 is 14.1 Å². The average Bonchev–Trinajstić information content (AvgIpc) is 3.16. The lowest BCUT2D eigenvalue weighted by atomic mass is 9.95. The van der Waals surface area contributed by atoms with Gasteiger partial charge >= 0.3 is 6.09 Å². The van der Waals surface area contributed by atoms with Crippen LogP contribution in [0.2, 0.25) is 0 Å². The van der Waals surface area contributed by atoms with Crippen molar-refractivity contribution >= 4 is 23.1 Å². The highest BCUT2D eigenvalue weighted by Gasteiger charge is 2.38. The molecule has 0 unspecified atom stereocenters. The van der Waals surface area contributed by atoms with Crippen LogP contribution in [0.4, 0.5) is 4.79 Å². The van der Waals surface area contributed by atoms with Gasteiger partial charge in [-0.15, -0.1) is 0 Å². The Morgan fingerprint density at radius 2 is 1.90 bits per heavy atom. The molecule has 30 heavy (non-hydrogen) atoms. The number of para-hydroxylation sites is 2. The van der Waals surface area contributed by atoms with Crippen molar-refractivity contribution in [1.29, 1.82) is 0 Å². The molecule has 0 saturated carbocycles. The molecule has 1 aromatic heterocycles. The van der Waals surface area contributed by atoms with Crippen LogP contribution in [0.5, 0.6) is 0 Å². The maximum atomic E-state index is 13.4. The lowest BCUT2D eigenvalue weighted by Crippen LogP contribution is -2.55. The minimum absolute atomic E-state index is 0.0152. The number of hydrogen-bond donors (Lipinski definition) is 0. The van der Waals surface area contributed by atoms with Crippen LogP contribution < -0.4 is 0 Å². The molecule has 0 spiro atoms. The van der Waals surface area contributed by atoms with Crippen molar-refractivity contribution in [2.24, 2.45) is 0 Å². The summed E-state index contributed by atoms with van der Waals surface area (Å²) in [6.45, 7) is 7.38. The summed E-state index contributed by atoms with van der Waals surface area (Å²) in [5.74, 6) is 0.788. The first-order valence-corrected chi connectivity index (χ1v) is 11.0. The molecule has 4 rings (SSSR count). The van der Waals surface area contributed by atoms with E-state index >= 15 is 0 Å². The summed E-state index contributed by atoms with van der Waals surface area (Å²) in [5.41, 5.74) is 1.05. The number of ether oxygens (including phenoxy) is 1. The van der Waals surface area contributed by atoms with E-state index in [9.17, 15) is 9.59 Å². The number of likely N-dealkylation sites (tertiary alicyclic amines) is 2. The first-order chi connectivity index (χ1) is 14.3. The lowest BCUT2D eigenvalue weighted by Gasteiger charge is -2.40. The molecular weight excluding hydrogens is 382 g/mol. The highest BCUT2D eigenvalue weighted by Crippen LogP contribution is 2.30. The number of piperidine rings is 2. The molecule has 2 aliphatic rings. The standard InChI is InChI=1S/C23H31N3O4/c1-23(2,3)30-22(28)26-14-7-6-11-18(26)21(27)25-13-8-9-16(15-25)20-24-17-10-4-5-12-19(17)29-20/h4-5,10,12,16,18H,6-9,11,13-15H2,1-3H3/t16-,18-/m0/s1. The molecule has 0 N–H and O–H groups in total. The number of carbonyl (C=O) groups excluding carboxylic acids is 2. The number of fused-ring (bicyclic) bond motifs is 1. The second-order valence-corrected chi connectivity index (χ2v) is 9.33. The number of benzene rings is 1. The SMILES string of the molecule is CC(C)(C)OC(=O)N1CCCC[C@H]1C(=O)N1CCC[C@H](c2nc3ccccc3o2)C1. The molecule has 0 radical (unpaired) electrons. The highest BCUT2D eigenvalue weighted by atomic mass is 16.6. The van der Waals surface area contributed by atoms with Crippen LogP contribution in [-0.2, 0) is 9.53 Å². The summed E-state index contributed by atoms with van der Waals surface area (Å²) in [5, 5.41) is 0. The molecule has 2 aliphatic heterocycles. The fourth-order valence-electron chi connectivity index (χ4n) is 4.38. The topological polar surface area (TPSA) is 75.9 Å². The van der Waals surface area contributed by atoms with Crippen molar-refractivity contribution in [2.75, 3.05) is 19.6 Å². The summed E-state index contributed by atoms with van der Waals surface area (Å²) in [4.78, 5) is 34.3. The number of carbonyl (C=O) groups is 2. The number of aromatic nitrogens is 1. The van der Waals surface area contributed by atoms with Crippen LogP contribution in [-0.4, -0.2) is 58.1 Å². The van der Waals surface area contributed by atoms with Crippen molar-refractivity contribution < 1.29 is 18.7 Å². The quantitative estimate of drug-likeness (QED) is 0.733. The summed E-state index contributed by atoms with van der Waals surface area (Å²) in [6, 6.07) is 7.28. The van der Waals surface area contributed by atoms with Gasteiger partial charge in [0.15, 0.2) is 11.5 Å². The number of oxazole rings is 1. The second kappa shape index (κ2) is 8.28. The van der Waals surface area contributed by atoms with Gasteiger partial charge in [0.05, 0.1) is 5.92 Å². The van der Waals surface area contributed by atoms with Gasteiger partial charge in [0.2, 0.25) is 5.91 Å². The van der Waals surface area contributed by atoms with E-state index in [1.54, 1.807) is 4.90 Å². The molecule has 7 nitrogen and oxygen atoms in total. The van der Waals surface area contributed by atoms with Gasteiger partial charge in [-0.25, -0.2) is 9.78 Å². The zero-order valence-corrected chi connectivity index (χ0v) is 18.1.